The first-order valence-corrected chi connectivity index (χ1v) is 7.96. The van der Waals surface area contributed by atoms with Crippen LogP contribution in [0.3, 0.4) is 0 Å². The van der Waals surface area contributed by atoms with Gasteiger partial charge < -0.3 is 15.5 Å². The summed E-state index contributed by atoms with van der Waals surface area (Å²) in [6.45, 7) is 3.82. The lowest BCUT2D eigenvalue weighted by Gasteiger charge is -2.19. The SMILES string of the molecule is CC(=O)Nc1ccc(F)c(NCC(=O)N(C)Cc2ccccc2C)c1. The van der Waals surface area contributed by atoms with Crippen molar-refractivity contribution in [2.24, 2.45) is 0 Å². The van der Waals surface area contributed by atoms with Gasteiger partial charge in [-0.15, -0.1) is 0 Å². The van der Waals surface area contributed by atoms with Gasteiger partial charge in [0, 0.05) is 26.2 Å². The molecule has 0 aliphatic rings. The molecule has 0 aliphatic carbocycles. The molecule has 2 N–H and O–H groups in total. The Hall–Kier alpha value is -2.89. The summed E-state index contributed by atoms with van der Waals surface area (Å²) >= 11 is 0. The highest BCUT2D eigenvalue weighted by atomic mass is 19.1. The van der Waals surface area contributed by atoms with E-state index >= 15 is 0 Å². The van der Waals surface area contributed by atoms with Crippen molar-refractivity contribution in [2.45, 2.75) is 20.4 Å². The van der Waals surface area contributed by atoms with Crippen molar-refractivity contribution < 1.29 is 14.0 Å². The largest absolute Gasteiger partial charge is 0.374 e. The van der Waals surface area contributed by atoms with Crippen LogP contribution in [0.15, 0.2) is 42.5 Å². The fraction of sp³-hybridized carbons (Fsp3) is 0.263. The van der Waals surface area contributed by atoms with Crippen LogP contribution >= 0.6 is 0 Å². The predicted molar refractivity (Wildman–Crippen MR) is 96.8 cm³/mol. The number of hydrogen-bond acceptors (Lipinski definition) is 3. The van der Waals surface area contributed by atoms with Gasteiger partial charge in [-0.1, -0.05) is 24.3 Å². The monoisotopic (exact) mass is 343 g/mol. The Morgan fingerprint density at radius 3 is 2.56 bits per heavy atom. The normalized spacial score (nSPS) is 10.2. The van der Waals surface area contributed by atoms with E-state index in [1.165, 1.54) is 25.1 Å². The Kier molecular flexibility index (Phi) is 6.11. The molecule has 0 fully saturated rings. The van der Waals surface area contributed by atoms with E-state index in [1.54, 1.807) is 11.9 Å². The highest BCUT2D eigenvalue weighted by molar-refractivity contribution is 5.89. The molecule has 5 nitrogen and oxygen atoms in total. The van der Waals surface area contributed by atoms with Gasteiger partial charge >= 0.3 is 0 Å². The van der Waals surface area contributed by atoms with Crippen LogP contribution in [-0.2, 0) is 16.1 Å². The first-order chi connectivity index (χ1) is 11.9. The summed E-state index contributed by atoms with van der Waals surface area (Å²) in [4.78, 5) is 24.9. The summed E-state index contributed by atoms with van der Waals surface area (Å²) in [5.74, 6) is -0.886. The summed E-state index contributed by atoms with van der Waals surface area (Å²) < 4.78 is 13.9. The number of rotatable bonds is 6. The van der Waals surface area contributed by atoms with Gasteiger partial charge in [0.1, 0.15) is 5.82 Å². The molecule has 2 rings (SSSR count). The Labute approximate surface area is 146 Å². The van der Waals surface area contributed by atoms with Crippen LogP contribution in [0.5, 0.6) is 0 Å². The molecule has 132 valence electrons. The highest BCUT2D eigenvalue weighted by Gasteiger charge is 2.12. The first-order valence-electron chi connectivity index (χ1n) is 7.96. The fourth-order valence-electron chi connectivity index (χ4n) is 2.38. The van der Waals surface area contributed by atoms with E-state index in [1.807, 2.05) is 31.2 Å². The number of anilines is 2. The van der Waals surface area contributed by atoms with Crippen LogP contribution < -0.4 is 10.6 Å². The lowest BCUT2D eigenvalue weighted by molar-refractivity contribution is -0.128. The molecule has 0 spiro atoms. The molecule has 0 radical (unpaired) electrons. The Balaban J connectivity index is 1.97. The number of likely N-dealkylation sites (N-methyl/N-ethyl adjacent to an activating group) is 1. The van der Waals surface area contributed by atoms with Crippen LogP contribution in [0.2, 0.25) is 0 Å². The minimum atomic E-state index is -0.483. The number of nitrogens with zero attached hydrogens (tertiary/aromatic N) is 1. The number of amides is 2. The standard InChI is InChI=1S/C19H22FN3O2/c1-13-6-4-5-7-15(13)12-23(3)19(25)11-21-18-10-16(22-14(2)24)8-9-17(18)20/h4-10,21H,11-12H2,1-3H3,(H,22,24). The van der Waals surface area contributed by atoms with E-state index < -0.39 is 5.82 Å². The maximum absolute atomic E-state index is 13.9. The van der Waals surface area contributed by atoms with E-state index in [9.17, 15) is 14.0 Å². The number of carbonyl (C=O) groups excluding carboxylic acids is 2. The van der Waals surface area contributed by atoms with E-state index in [-0.39, 0.29) is 24.0 Å². The molecule has 0 atom stereocenters. The van der Waals surface area contributed by atoms with Crippen molar-refractivity contribution in [3.05, 3.63) is 59.4 Å². The van der Waals surface area contributed by atoms with Crippen LogP contribution in [0.4, 0.5) is 15.8 Å². The third-order valence-electron chi connectivity index (χ3n) is 3.81. The summed E-state index contributed by atoms with van der Waals surface area (Å²) in [5.41, 5.74) is 2.82. The van der Waals surface area contributed by atoms with Gasteiger partial charge in [-0.2, -0.15) is 0 Å². The second kappa shape index (κ2) is 8.28. The minimum absolute atomic E-state index is 0.0389. The van der Waals surface area contributed by atoms with Crippen molar-refractivity contribution in [2.75, 3.05) is 24.2 Å². The van der Waals surface area contributed by atoms with Crippen LogP contribution in [-0.4, -0.2) is 30.3 Å². The van der Waals surface area contributed by atoms with Gasteiger partial charge in [0.2, 0.25) is 11.8 Å². The number of aryl methyl sites for hydroxylation is 1. The summed E-state index contributed by atoms with van der Waals surface area (Å²) in [5, 5.41) is 5.37. The third kappa shape index (κ3) is 5.31. The van der Waals surface area contributed by atoms with Crippen LogP contribution in [0.1, 0.15) is 18.1 Å². The molecule has 0 bridgehead atoms. The van der Waals surface area contributed by atoms with Crippen molar-refractivity contribution in [1.29, 1.82) is 0 Å². The topological polar surface area (TPSA) is 61.4 Å². The number of halogens is 1. The van der Waals surface area contributed by atoms with Crippen molar-refractivity contribution >= 4 is 23.2 Å². The minimum Gasteiger partial charge on any atom is -0.374 e. The summed E-state index contributed by atoms with van der Waals surface area (Å²) in [6.07, 6.45) is 0. The maximum Gasteiger partial charge on any atom is 0.241 e. The van der Waals surface area contributed by atoms with Crippen molar-refractivity contribution in [3.63, 3.8) is 0 Å². The molecule has 0 unspecified atom stereocenters. The summed E-state index contributed by atoms with van der Waals surface area (Å²) in [6, 6.07) is 12.0. The third-order valence-corrected chi connectivity index (χ3v) is 3.81. The zero-order valence-electron chi connectivity index (χ0n) is 14.6. The smallest absolute Gasteiger partial charge is 0.241 e. The van der Waals surface area contributed by atoms with E-state index in [0.717, 1.165) is 11.1 Å². The molecule has 0 heterocycles. The van der Waals surface area contributed by atoms with E-state index in [2.05, 4.69) is 10.6 Å². The maximum atomic E-state index is 13.9. The van der Waals surface area contributed by atoms with Gasteiger partial charge in [0.25, 0.3) is 0 Å². The second-order valence-corrected chi connectivity index (χ2v) is 5.91. The number of nitrogens with one attached hydrogen (secondary N) is 2. The second-order valence-electron chi connectivity index (χ2n) is 5.91. The molecule has 0 aliphatic heterocycles. The molecule has 0 saturated heterocycles. The van der Waals surface area contributed by atoms with Crippen LogP contribution in [0.25, 0.3) is 0 Å². The highest BCUT2D eigenvalue weighted by Crippen LogP contribution is 2.19. The summed E-state index contributed by atoms with van der Waals surface area (Å²) in [7, 11) is 1.71. The molecule has 6 heteroatoms. The van der Waals surface area contributed by atoms with Gasteiger partial charge in [0.15, 0.2) is 0 Å². The van der Waals surface area contributed by atoms with Crippen molar-refractivity contribution in [3.8, 4) is 0 Å². The average Bonchev–Trinajstić information content (AvgIpc) is 2.56. The number of carbonyl (C=O) groups is 2. The molecule has 2 aromatic rings. The van der Waals surface area contributed by atoms with E-state index in [4.69, 9.17) is 0 Å². The number of hydrogen-bond donors (Lipinski definition) is 2. The Morgan fingerprint density at radius 2 is 1.88 bits per heavy atom. The van der Waals surface area contributed by atoms with E-state index in [0.29, 0.717) is 12.2 Å². The van der Waals surface area contributed by atoms with Crippen LogP contribution in [0, 0.1) is 12.7 Å². The molecular weight excluding hydrogens is 321 g/mol. The quantitative estimate of drug-likeness (QED) is 0.847. The predicted octanol–water partition coefficient (Wildman–Crippen LogP) is 3.16. The van der Waals surface area contributed by atoms with Gasteiger partial charge in [-0.05, 0) is 36.2 Å². The average molecular weight is 343 g/mol. The fourth-order valence-corrected chi connectivity index (χ4v) is 2.38. The number of benzene rings is 2. The molecule has 2 amide bonds. The Bertz CT molecular complexity index is 777. The van der Waals surface area contributed by atoms with Crippen molar-refractivity contribution in [1.82, 2.24) is 4.90 Å². The lowest BCUT2D eigenvalue weighted by Crippen LogP contribution is -2.32. The van der Waals surface area contributed by atoms with Gasteiger partial charge in [-0.25, -0.2) is 4.39 Å². The first kappa shape index (κ1) is 18.4. The van der Waals surface area contributed by atoms with Gasteiger partial charge in [0.05, 0.1) is 12.2 Å². The molecule has 25 heavy (non-hydrogen) atoms. The molecular formula is C19H22FN3O2. The molecule has 2 aromatic carbocycles. The zero-order valence-corrected chi connectivity index (χ0v) is 14.6. The lowest BCUT2D eigenvalue weighted by atomic mass is 10.1. The zero-order chi connectivity index (χ0) is 18.4. The molecule has 0 saturated carbocycles. The molecule has 0 aromatic heterocycles. The Morgan fingerprint density at radius 1 is 1.16 bits per heavy atom. The van der Waals surface area contributed by atoms with Gasteiger partial charge in [-0.3, -0.25) is 9.59 Å².